The summed E-state index contributed by atoms with van der Waals surface area (Å²) in [5, 5.41) is 0. The Balaban J connectivity index is -0.000000150. The van der Waals surface area contributed by atoms with Crippen LogP contribution in [-0.4, -0.2) is 51.5 Å². The molecule has 0 heterocycles. The minimum absolute atomic E-state index is 0. The molecule has 9 heteroatoms. The molecule has 0 saturated carbocycles. The summed E-state index contributed by atoms with van der Waals surface area (Å²) in [5.41, 5.74) is 0. The average Bonchev–Trinajstić information content (AvgIpc) is 1.04. The molecule has 0 N–H and O–H groups in total. The van der Waals surface area contributed by atoms with Crippen molar-refractivity contribution in [2.45, 2.75) is 0 Å². The quantitative estimate of drug-likeness (QED) is 0.258. The van der Waals surface area contributed by atoms with Crippen molar-refractivity contribution in [2.24, 2.45) is 0 Å². The molecule has 82 valence electrons. The van der Waals surface area contributed by atoms with Crippen LogP contribution in [0.2, 0.25) is 0 Å². The van der Waals surface area contributed by atoms with E-state index in [-0.39, 0.29) is 18.9 Å². The maximum absolute atomic E-state index is 10.7. The Kier molecular flexibility index (Phi) is 5.34. The van der Waals surface area contributed by atoms with E-state index in [2.05, 4.69) is 28.2 Å². The molecule has 0 aliphatic heterocycles. The standard InChI is InChI=1S/C4H12N.F6P.Li.H/c1-5(2,3)4;1-7(2,3,4,5)6;;/h1-4H3;;;/q+1;-1;;. The van der Waals surface area contributed by atoms with Crippen molar-refractivity contribution in [2.75, 3.05) is 28.2 Å². The van der Waals surface area contributed by atoms with E-state index in [0.717, 1.165) is 4.48 Å². The van der Waals surface area contributed by atoms with Gasteiger partial charge in [0.15, 0.2) is 0 Å². The fourth-order valence-electron chi connectivity index (χ4n) is 0. The van der Waals surface area contributed by atoms with E-state index in [1.807, 2.05) is 0 Å². The normalized spacial score (nSPS) is 17.1. The van der Waals surface area contributed by atoms with E-state index in [0.29, 0.717) is 0 Å². The second-order valence-electron chi connectivity index (χ2n) is 3.64. The van der Waals surface area contributed by atoms with Crippen LogP contribution in [-0.2, 0) is 0 Å². The number of rotatable bonds is 0. The third kappa shape index (κ3) is 4360. The molecule has 0 spiro atoms. The van der Waals surface area contributed by atoms with Crippen LogP contribution in [0.1, 0.15) is 0 Å². The van der Waals surface area contributed by atoms with Crippen molar-refractivity contribution in [3.8, 4) is 0 Å². The van der Waals surface area contributed by atoms with Gasteiger partial charge in [0.1, 0.15) is 0 Å². The van der Waals surface area contributed by atoms with Gasteiger partial charge in [-0.2, -0.15) is 0 Å². The van der Waals surface area contributed by atoms with Crippen LogP contribution in [0.5, 0.6) is 0 Å². The van der Waals surface area contributed by atoms with Gasteiger partial charge in [-0.25, -0.2) is 0 Å². The fraction of sp³-hybridized carbons (Fsp3) is 1.00. The summed E-state index contributed by atoms with van der Waals surface area (Å²) >= 11 is 0. The Bertz CT molecular complexity index is 135. The predicted octanol–water partition coefficient (Wildman–Crippen LogP) is 3.06. The molecule has 0 fully saturated rings. The van der Waals surface area contributed by atoms with Crippen LogP contribution in [0.3, 0.4) is 0 Å². The van der Waals surface area contributed by atoms with E-state index < -0.39 is 7.81 Å². The van der Waals surface area contributed by atoms with Crippen LogP contribution >= 0.6 is 7.81 Å². The molecule has 0 rings (SSSR count). The summed E-state index contributed by atoms with van der Waals surface area (Å²) in [4.78, 5) is 0. The van der Waals surface area contributed by atoms with Gasteiger partial charge in [0.25, 0.3) is 0 Å². The van der Waals surface area contributed by atoms with Crippen LogP contribution in [0.4, 0.5) is 25.2 Å². The van der Waals surface area contributed by atoms with Crippen LogP contribution in [0.15, 0.2) is 0 Å². The van der Waals surface area contributed by atoms with Gasteiger partial charge in [-0.1, -0.05) is 0 Å². The number of hydrogen-bond acceptors (Lipinski definition) is 0. The Labute approximate surface area is 85.1 Å². The fourth-order valence-corrected chi connectivity index (χ4v) is 0. The Morgan fingerprint density at radius 3 is 0.692 bits per heavy atom. The second-order valence-corrected chi connectivity index (χ2v) is 5.56. The molecular weight excluding hydrogens is 214 g/mol. The molecule has 0 aromatic carbocycles. The van der Waals surface area contributed by atoms with Gasteiger partial charge in [-0.15, -0.1) is 0 Å². The molecular formula is C4H13F6LiNP. The first-order chi connectivity index (χ1) is 4.45. The average molecular weight is 227 g/mol. The molecule has 0 bridgehead atoms. The zero-order chi connectivity index (χ0) is 10.9. The molecule has 0 unspecified atom stereocenters. The number of hydrogen-bond donors (Lipinski definition) is 0. The zero-order valence-corrected chi connectivity index (χ0v) is 8.06. The molecule has 1 nitrogen and oxygen atoms in total. The third-order valence-corrected chi connectivity index (χ3v) is 0. The van der Waals surface area contributed by atoms with E-state index in [4.69, 9.17) is 0 Å². The van der Waals surface area contributed by atoms with Gasteiger partial charge in [-0.3, -0.25) is 0 Å². The first-order valence-corrected chi connectivity index (χ1v) is 4.83. The molecule has 0 saturated heterocycles. The van der Waals surface area contributed by atoms with Gasteiger partial charge in [-0.05, 0) is 0 Å². The number of halogens is 6. The minimum atomic E-state index is -10.7. The van der Waals surface area contributed by atoms with Crippen LogP contribution in [0, 0.1) is 0 Å². The van der Waals surface area contributed by atoms with Gasteiger partial charge in [0.2, 0.25) is 0 Å². The van der Waals surface area contributed by atoms with E-state index in [9.17, 15) is 25.2 Å². The third-order valence-electron chi connectivity index (χ3n) is 0. The van der Waals surface area contributed by atoms with Crippen molar-refractivity contribution in [1.82, 2.24) is 0 Å². The molecule has 13 heavy (non-hydrogen) atoms. The summed E-state index contributed by atoms with van der Waals surface area (Å²) in [7, 11) is -2.16. The molecule has 0 radical (unpaired) electrons. The number of nitrogens with zero attached hydrogens (tertiary/aromatic N) is 1. The topological polar surface area (TPSA) is 0 Å². The van der Waals surface area contributed by atoms with Crippen LogP contribution < -0.4 is 0 Å². The van der Waals surface area contributed by atoms with Crippen LogP contribution in [0.25, 0.3) is 0 Å². The molecule has 0 aliphatic rings. The molecule has 0 amide bonds. The van der Waals surface area contributed by atoms with Crippen molar-refractivity contribution in [1.29, 1.82) is 0 Å². The van der Waals surface area contributed by atoms with Crippen molar-refractivity contribution in [3.63, 3.8) is 0 Å². The van der Waals surface area contributed by atoms with Gasteiger partial charge < -0.3 is 4.48 Å². The molecule has 0 aliphatic carbocycles. The van der Waals surface area contributed by atoms with Gasteiger partial charge in [0, 0.05) is 0 Å². The van der Waals surface area contributed by atoms with E-state index in [1.165, 1.54) is 0 Å². The summed E-state index contributed by atoms with van der Waals surface area (Å²) in [6.45, 7) is 0. The van der Waals surface area contributed by atoms with Crippen molar-refractivity contribution < 1.29 is 29.7 Å². The van der Waals surface area contributed by atoms with Gasteiger partial charge in [0.05, 0.1) is 28.2 Å². The Morgan fingerprint density at radius 2 is 0.692 bits per heavy atom. The first-order valence-electron chi connectivity index (χ1n) is 2.80. The van der Waals surface area contributed by atoms with Gasteiger partial charge >= 0.3 is 51.9 Å². The monoisotopic (exact) mass is 227 g/mol. The second kappa shape index (κ2) is 3.62. The Morgan fingerprint density at radius 1 is 0.692 bits per heavy atom. The summed E-state index contributed by atoms with van der Waals surface area (Å²) in [5.74, 6) is 0. The maximum atomic E-state index is 9.87. The van der Waals surface area contributed by atoms with Crippen molar-refractivity contribution in [3.05, 3.63) is 0 Å². The molecule has 0 aromatic heterocycles. The number of quaternary nitrogens is 1. The summed E-state index contributed by atoms with van der Waals surface area (Å²) < 4.78 is 60.2. The molecule has 0 aromatic rings. The van der Waals surface area contributed by atoms with Crippen molar-refractivity contribution >= 4 is 26.7 Å². The summed E-state index contributed by atoms with van der Waals surface area (Å²) in [6, 6.07) is 0. The van der Waals surface area contributed by atoms with E-state index >= 15 is 0 Å². The molecule has 0 atom stereocenters. The first kappa shape index (κ1) is 19.2. The van der Waals surface area contributed by atoms with E-state index in [1.54, 1.807) is 0 Å². The Hall–Kier alpha value is 0.567. The SMILES string of the molecule is C[N+](C)(C)C.F[P-](F)(F)(F)(F)F.[LiH]. The summed E-state index contributed by atoms with van der Waals surface area (Å²) in [6.07, 6.45) is 0. The zero-order valence-electron chi connectivity index (χ0n) is 7.16. The predicted molar refractivity (Wildman–Crippen MR) is 44.7 cm³/mol.